The standard InChI is InChI=1S/C12H16N2O2/c1-14(8-10-3-2-6-13-7-10)9-12(4-5-12)11(15)16/h2-3,6-7H,4-5,8-9H2,1H3,(H,15,16). The molecule has 4 heteroatoms. The minimum absolute atomic E-state index is 0.475. The second-order valence-corrected chi connectivity index (χ2v) is 4.62. The highest BCUT2D eigenvalue weighted by Gasteiger charge is 2.50. The van der Waals surface area contributed by atoms with E-state index in [1.165, 1.54) is 0 Å². The summed E-state index contributed by atoms with van der Waals surface area (Å²) in [6.07, 6.45) is 5.17. The van der Waals surface area contributed by atoms with E-state index in [9.17, 15) is 4.79 Å². The maximum atomic E-state index is 11.0. The highest BCUT2D eigenvalue weighted by Crippen LogP contribution is 2.46. The molecule has 86 valence electrons. The molecule has 1 fully saturated rings. The van der Waals surface area contributed by atoms with Crippen LogP contribution in [0.25, 0.3) is 0 Å². The van der Waals surface area contributed by atoms with Crippen LogP contribution in [0.1, 0.15) is 18.4 Å². The van der Waals surface area contributed by atoms with E-state index in [2.05, 4.69) is 9.88 Å². The van der Waals surface area contributed by atoms with Crippen LogP contribution in [0.15, 0.2) is 24.5 Å². The monoisotopic (exact) mass is 220 g/mol. The van der Waals surface area contributed by atoms with Gasteiger partial charge in [-0.25, -0.2) is 0 Å². The highest BCUT2D eigenvalue weighted by atomic mass is 16.4. The molecule has 1 aliphatic rings. The van der Waals surface area contributed by atoms with Crippen LogP contribution in [0.2, 0.25) is 0 Å². The van der Waals surface area contributed by atoms with Crippen LogP contribution in [0.5, 0.6) is 0 Å². The Morgan fingerprint density at radius 1 is 1.62 bits per heavy atom. The molecule has 1 aromatic rings. The predicted octanol–water partition coefficient (Wildman–Crippen LogP) is 1.38. The van der Waals surface area contributed by atoms with Gasteiger partial charge in [-0.15, -0.1) is 0 Å². The number of aromatic nitrogens is 1. The molecule has 0 spiro atoms. The summed E-state index contributed by atoms with van der Waals surface area (Å²) in [6, 6.07) is 3.90. The number of hydrogen-bond donors (Lipinski definition) is 1. The van der Waals surface area contributed by atoms with Gasteiger partial charge in [0.25, 0.3) is 0 Å². The normalized spacial score (nSPS) is 17.4. The summed E-state index contributed by atoms with van der Waals surface area (Å²) in [7, 11) is 1.95. The van der Waals surface area contributed by atoms with Crippen molar-refractivity contribution in [3.05, 3.63) is 30.1 Å². The van der Waals surface area contributed by atoms with Gasteiger partial charge < -0.3 is 10.0 Å². The lowest BCUT2D eigenvalue weighted by Crippen LogP contribution is -2.31. The van der Waals surface area contributed by atoms with Crippen molar-refractivity contribution in [2.45, 2.75) is 19.4 Å². The van der Waals surface area contributed by atoms with Crippen LogP contribution in [0.4, 0.5) is 0 Å². The van der Waals surface area contributed by atoms with Gasteiger partial charge in [0.15, 0.2) is 0 Å². The van der Waals surface area contributed by atoms with Gasteiger partial charge in [-0.3, -0.25) is 9.78 Å². The summed E-state index contributed by atoms with van der Waals surface area (Å²) in [5.74, 6) is -0.662. The van der Waals surface area contributed by atoms with Crippen molar-refractivity contribution in [3.63, 3.8) is 0 Å². The molecule has 1 N–H and O–H groups in total. The molecular weight excluding hydrogens is 204 g/mol. The Balaban J connectivity index is 1.90. The number of pyridine rings is 1. The number of aliphatic carboxylic acids is 1. The van der Waals surface area contributed by atoms with E-state index >= 15 is 0 Å². The van der Waals surface area contributed by atoms with E-state index in [4.69, 9.17) is 5.11 Å². The van der Waals surface area contributed by atoms with Crippen LogP contribution in [-0.4, -0.2) is 34.6 Å². The number of carboxylic acids is 1. The summed E-state index contributed by atoms with van der Waals surface area (Å²) in [4.78, 5) is 17.1. The van der Waals surface area contributed by atoms with E-state index in [-0.39, 0.29) is 0 Å². The third-order valence-corrected chi connectivity index (χ3v) is 3.06. The highest BCUT2D eigenvalue weighted by molar-refractivity contribution is 5.78. The third kappa shape index (κ3) is 2.39. The molecule has 0 aliphatic heterocycles. The zero-order valence-electron chi connectivity index (χ0n) is 9.39. The number of nitrogens with zero attached hydrogens (tertiary/aromatic N) is 2. The van der Waals surface area contributed by atoms with Crippen molar-refractivity contribution >= 4 is 5.97 Å². The molecule has 1 aliphatic carbocycles. The molecule has 2 rings (SSSR count). The summed E-state index contributed by atoms with van der Waals surface area (Å²) < 4.78 is 0. The first-order chi connectivity index (χ1) is 7.62. The van der Waals surface area contributed by atoms with Crippen molar-refractivity contribution in [2.24, 2.45) is 5.41 Å². The van der Waals surface area contributed by atoms with Crippen molar-refractivity contribution in [1.82, 2.24) is 9.88 Å². The Kier molecular flexibility index (Phi) is 2.92. The summed E-state index contributed by atoms with van der Waals surface area (Å²) >= 11 is 0. The molecule has 0 atom stereocenters. The molecule has 4 nitrogen and oxygen atoms in total. The number of rotatable bonds is 5. The molecule has 0 bridgehead atoms. The van der Waals surface area contributed by atoms with Crippen molar-refractivity contribution in [2.75, 3.05) is 13.6 Å². The second-order valence-electron chi connectivity index (χ2n) is 4.62. The molecule has 0 radical (unpaired) electrons. The van der Waals surface area contributed by atoms with Crippen molar-refractivity contribution in [3.8, 4) is 0 Å². The lowest BCUT2D eigenvalue weighted by atomic mass is 10.1. The smallest absolute Gasteiger partial charge is 0.310 e. The fourth-order valence-electron chi connectivity index (χ4n) is 1.97. The maximum Gasteiger partial charge on any atom is 0.310 e. The third-order valence-electron chi connectivity index (χ3n) is 3.06. The van der Waals surface area contributed by atoms with Crippen LogP contribution < -0.4 is 0 Å². The first-order valence-electron chi connectivity index (χ1n) is 5.43. The molecule has 0 amide bonds. The van der Waals surface area contributed by atoms with Gasteiger partial charge in [0.1, 0.15) is 0 Å². The first-order valence-corrected chi connectivity index (χ1v) is 5.43. The van der Waals surface area contributed by atoms with E-state index in [0.717, 1.165) is 24.9 Å². The van der Waals surface area contributed by atoms with Crippen molar-refractivity contribution in [1.29, 1.82) is 0 Å². The largest absolute Gasteiger partial charge is 0.481 e. The first kappa shape index (κ1) is 11.1. The number of carbonyl (C=O) groups is 1. The summed E-state index contributed by atoms with van der Waals surface area (Å²) in [5, 5.41) is 9.08. The van der Waals surface area contributed by atoms with Gasteiger partial charge in [0.2, 0.25) is 0 Å². The van der Waals surface area contributed by atoms with Gasteiger partial charge in [0, 0.05) is 25.5 Å². The zero-order valence-corrected chi connectivity index (χ0v) is 9.39. The van der Waals surface area contributed by atoms with Crippen LogP contribution in [-0.2, 0) is 11.3 Å². The quantitative estimate of drug-likeness (QED) is 0.814. The average molecular weight is 220 g/mol. The van der Waals surface area contributed by atoms with Crippen molar-refractivity contribution < 1.29 is 9.90 Å². The van der Waals surface area contributed by atoms with Crippen LogP contribution in [0.3, 0.4) is 0 Å². The van der Waals surface area contributed by atoms with E-state index < -0.39 is 11.4 Å². The zero-order chi connectivity index (χ0) is 11.6. The maximum absolute atomic E-state index is 11.0. The molecule has 0 aromatic carbocycles. The summed E-state index contributed by atoms with van der Waals surface area (Å²) in [6.45, 7) is 1.38. The summed E-state index contributed by atoms with van der Waals surface area (Å²) in [5.41, 5.74) is 0.642. The molecular formula is C12H16N2O2. The lowest BCUT2D eigenvalue weighted by molar-refractivity contribution is -0.144. The Morgan fingerprint density at radius 3 is 2.88 bits per heavy atom. The van der Waals surface area contributed by atoms with E-state index in [1.807, 2.05) is 25.4 Å². The molecule has 1 heterocycles. The van der Waals surface area contributed by atoms with E-state index in [0.29, 0.717) is 6.54 Å². The lowest BCUT2D eigenvalue weighted by Gasteiger charge is -2.20. The predicted molar refractivity (Wildman–Crippen MR) is 59.9 cm³/mol. The fourth-order valence-corrected chi connectivity index (χ4v) is 1.97. The van der Waals surface area contributed by atoms with E-state index in [1.54, 1.807) is 6.20 Å². The van der Waals surface area contributed by atoms with Gasteiger partial charge in [-0.1, -0.05) is 6.07 Å². The Hall–Kier alpha value is -1.42. The number of carboxylic acid groups (broad SMARTS) is 1. The molecule has 0 saturated heterocycles. The van der Waals surface area contributed by atoms with Gasteiger partial charge in [0.05, 0.1) is 5.41 Å². The Labute approximate surface area is 94.9 Å². The van der Waals surface area contributed by atoms with Gasteiger partial charge in [-0.05, 0) is 31.5 Å². The molecule has 0 unspecified atom stereocenters. The Bertz CT molecular complexity index is 374. The molecule has 1 aromatic heterocycles. The van der Waals surface area contributed by atoms with Crippen LogP contribution in [0, 0.1) is 5.41 Å². The topological polar surface area (TPSA) is 53.4 Å². The van der Waals surface area contributed by atoms with Gasteiger partial charge >= 0.3 is 5.97 Å². The second kappa shape index (κ2) is 4.22. The van der Waals surface area contributed by atoms with Crippen LogP contribution >= 0.6 is 0 Å². The SMILES string of the molecule is CN(Cc1cccnc1)CC1(C(=O)O)CC1. The fraction of sp³-hybridized carbons (Fsp3) is 0.500. The Morgan fingerprint density at radius 2 is 2.38 bits per heavy atom. The molecule has 16 heavy (non-hydrogen) atoms. The average Bonchev–Trinajstić information content (AvgIpc) is 3.00. The number of hydrogen-bond acceptors (Lipinski definition) is 3. The minimum atomic E-state index is -0.662. The van der Waals surface area contributed by atoms with Gasteiger partial charge in [-0.2, -0.15) is 0 Å². The molecule has 1 saturated carbocycles. The minimum Gasteiger partial charge on any atom is -0.481 e.